The van der Waals surface area contributed by atoms with Gasteiger partial charge in [0.05, 0.1) is 6.04 Å². The quantitative estimate of drug-likeness (QED) is 0.566. The number of hydrogen-bond donors (Lipinski definition) is 2. The zero-order valence-electron chi connectivity index (χ0n) is 38.1. The highest BCUT2D eigenvalue weighted by Crippen LogP contribution is 2.33. The topological polar surface area (TPSA) is 71.0 Å². The molecule has 0 aliphatic carbocycles. The van der Waals surface area contributed by atoms with E-state index in [1.54, 1.807) is 5.32 Å². The number of benzene rings is 1. The molecule has 3 rings (SSSR count). The van der Waals surface area contributed by atoms with Crippen LogP contribution in [0.4, 0.5) is 0 Å². The molecule has 0 bridgehead atoms. The fourth-order valence-corrected chi connectivity index (χ4v) is 2.59. The summed E-state index contributed by atoms with van der Waals surface area (Å²) in [5.74, 6) is -2.05. The Hall–Kier alpha value is -1.79. The van der Waals surface area contributed by atoms with E-state index in [1.807, 2.05) is 0 Å². The predicted octanol–water partition coefficient (Wildman–Crippen LogP) is 3.43. The first-order valence-corrected chi connectivity index (χ1v) is 8.52. The molecule has 6 heteroatoms. The summed E-state index contributed by atoms with van der Waals surface area (Å²) in [5.41, 5.74) is -0.226. The van der Waals surface area contributed by atoms with Crippen molar-refractivity contribution < 1.29 is 50.9 Å². The first-order chi connectivity index (χ1) is 22.9. The molecular formula is C23H36N2O4. The van der Waals surface area contributed by atoms with Crippen LogP contribution in [-0.4, -0.2) is 54.7 Å². The molecule has 1 fully saturated rings. The minimum absolute atomic E-state index is 0.0284. The van der Waals surface area contributed by atoms with Crippen molar-refractivity contribution in [1.82, 2.24) is 10.2 Å². The minimum Gasteiger partial charge on any atom is -0.486 e. The Morgan fingerprint density at radius 3 is 2.79 bits per heavy atom. The fraction of sp³-hybridized carbons (Fsp3) is 0.696. The van der Waals surface area contributed by atoms with Gasteiger partial charge in [0.1, 0.15) is 19.3 Å². The monoisotopic (exact) mass is 427 g/mol. The van der Waals surface area contributed by atoms with Crippen LogP contribution in [0.5, 0.6) is 11.5 Å². The van der Waals surface area contributed by atoms with Crippen molar-refractivity contribution >= 4 is 5.91 Å². The number of nitrogens with zero attached hydrogens (tertiary/aromatic N) is 1. The molecule has 2 N–H and O–H groups in total. The average Bonchev–Trinajstić information content (AvgIpc) is 3.06. The number of rotatable bonds is 11. The largest absolute Gasteiger partial charge is 0.486 e. The fourth-order valence-electron chi connectivity index (χ4n) is 2.59. The number of aliphatic hydroxyl groups excluding tert-OH is 1. The number of nitrogens with one attached hydrogen (secondary N) is 1. The Morgan fingerprint density at radius 2 is 2.00 bits per heavy atom. The molecule has 1 aromatic rings. The van der Waals surface area contributed by atoms with Gasteiger partial charge in [-0.2, -0.15) is 0 Å². The van der Waals surface area contributed by atoms with Crippen LogP contribution in [0.2, 0.25) is 0 Å². The van der Waals surface area contributed by atoms with Gasteiger partial charge in [0.25, 0.3) is 0 Å². The molecule has 0 radical (unpaired) electrons. The zero-order chi connectivity index (χ0) is 40.9. The normalized spacial score (nSPS) is 40.5. The van der Waals surface area contributed by atoms with Crippen LogP contribution in [-0.2, 0) is 4.79 Å². The second kappa shape index (κ2) is 11.4. The number of carbonyl (C=O) groups is 1. The summed E-state index contributed by atoms with van der Waals surface area (Å²) >= 11 is 0. The molecule has 2 atom stereocenters. The van der Waals surface area contributed by atoms with E-state index in [4.69, 9.17) is 41.0 Å². The molecule has 6 nitrogen and oxygen atoms in total. The van der Waals surface area contributed by atoms with E-state index in [0.29, 0.717) is 0 Å². The van der Waals surface area contributed by atoms with Crippen LogP contribution in [0.1, 0.15) is 101 Å². The number of carbonyl (C=O) groups excluding carboxylic acids is 1. The molecule has 2 aliphatic heterocycles. The Kier molecular flexibility index (Phi) is 2.70. The molecule has 0 saturated carbocycles. The van der Waals surface area contributed by atoms with Crippen LogP contribution in [0.15, 0.2) is 18.2 Å². The maximum absolute atomic E-state index is 13.6. The van der Waals surface area contributed by atoms with E-state index in [-0.39, 0.29) is 35.2 Å². The summed E-state index contributed by atoms with van der Waals surface area (Å²) in [6, 6.07) is 1.35. The standard InChI is InChI=1S/C23H36N2O4/c1-2-3-4-5-6-9-22(26)24-19(17-25-12-7-8-13-25)23(27)18-10-11-20-21(16-18)29-15-14-28-20/h10-11,16,19,23,27H,2-9,12-15,17H2,1H3,(H,24,26)/t19-,23-/m1/s1/i1D3,2D2,3D2,4D2,5D2,6D2,7D2,8D2,9D2,12D2,13D2. The van der Waals surface area contributed by atoms with E-state index in [2.05, 4.69) is 0 Å². The number of amides is 1. The molecule has 1 amide bonds. The van der Waals surface area contributed by atoms with Crippen LogP contribution in [0, 0.1) is 0 Å². The van der Waals surface area contributed by atoms with Crippen molar-refractivity contribution in [3.05, 3.63) is 23.8 Å². The Morgan fingerprint density at radius 1 is 1.24 bits per heavy atom. The first-order valence-electron chi connectivity index (χ1n) is 20.0. The summed E-state index contributed by atoms with van der Waals surface area (Å²) in [6.07, 6.45) is -36.1. The average molecular weight is 428 g/mol. The number of hydrogen-bond acceptors (Lipinski definition) is 5. The summed E-state index contributed by atoms with van der Waals surface area (Å²) in [5, 5.41) is 13.2. The van der Waals surface area contributed by atoms with Crippen molar-refractivity contribution in [2.75, 3.05) is 32.8 Å². The van der Waals surface area contributed by atoms with Gasteiger partial charge in [-0.1, -0.05) is 38.4 Å². The third kappa shape index (κ3) is 6.61. The van der Waals surface area contributed by atoms with E-state index in [1.165, 1.54) is 12.1 Å². The van der Waals surface area contributed by atoms with E-state index < -0.39 is 95.4 Å². The summed E-state index contributed by atoms with van der Waals surface area (Å²) in [7, 11) is 0. The van der Waals surface area contributed by atoms with Gasteiger partial charge in [0.2, 0.25) is 5.91 Å². The van der Waals surface area contributed by atoms with Gasteiger partial charge in [-0.3, -0.25) is 4.79 Å². The summed E-state index contributed by atoms with van der Waals surface area (Å²) in [4.78, 5) is 13.6. The SMILES string of the molecule is [2H]C([2H])([2H])C([2H])([2H])C([2H])([2H])C([2H])([2H])C([2H])([2H])C([2H])([2H])C([2H])([2H])C(=O)N[C@H](CN1C([2H])([2H])C([2H])([2H])C([2H])([2H])C1([2H])[2H])[C@H](O)c1ccc2c(c1)OCCO2. The molecule has 2 heterocycles. The maximum atomic E-state index is 13.6. The highest BCUT2D eigenvalue weighted by molar-refractivity contribution is 5.76. The predicted molar refractivity (Wildman–Crippen MR) is 113 cm³/mol. The highest BCUT2D eigenvalue weighted by atomic mass is 16.6. The van der Waals surface area contributed by atoms with Gasteiger partial charge < -0.3 is 24.8 Å². The molecule has 0 spiro atoms. The minimum atomic E-state index is -4.59. The third-order valence-corrected chi connectivity index (χ3v) is 3.85. The first kappa shape index (κ1) is 6.86. The van der Waals surface area contributed by atoms with Crippen LogP contribution < -0.4 is 14.8 Å². The van der Waals surface area contributed by atoms with Gasteiger partial charge in [-0.15, -0.1) is 0 Å². The van der Waals surface area contributed by atoms with Crippen LogP contribution in [0.3, 0.4) is 0 Å². The molecule has 1 saturated heterocycles. The van der Waals surface area contributed by atoms with Crippen LogP contribution in [0.25, 0.3) is 0 Å². The molecule has 162 valence electrons. The third-order valence-electron chi connectivity index (χ3n) is 3.85. The van der Waals surface area contributed by atoms with Gasteiger partial charge in [-0.05, 0) is 49.8 Å². The molecule has 2 aliphatic rings. The van der Waals surface area contributed by atoms with Crippen LogP contribution >= 0.6 is 0 Å². The second-order valence-electron chi connectivity index (χ2n) is 5.76. The summed E-state index contributed by atoms with van der Waals surface area (Å²) in [6.45, 7) is -12.3. The maximum Gasteiger partial charge on any atom is 0.220 e. The molecule has 29 heavy (non-hydrogen) atoms. The van der Waals surface area contributed by atoms with Gasteiger partial charge in [0, 0.05) is 44.4 Å². The lowest BCUT2D eigenvalue weighted by molar-refractivity contribution is -0.123. The summed E-state index contributed by atoms with van der Waals surface area (Å²) < 4.78 is 196. The van der Waals surface area contributed by atoms with Crippen molar-refractivity contribution in [1.29, 1.82) is 0 Å². The lowest BCUT2D eigenvalue weighted by Gasteiger charge is -2.29. The number of fused-ring (bicyclic) bond motifs is 1. The highest BCUT2D eigenvalue weighted by Gasteiger charge is 2.27. The van der Waals surface area contributed by atoms with Gasteiger partial charge in [0.15, 0.2) is 11.5 Å². The number of aliphatic hydroxyl groups is 1. The number of likely N-dealkylation sites (tertiary alicyclic amines) is 1. The van der Waals surface area contributed by atoms with Crippen molar-refractivity contribution in [2.24, 2.45) is 0 Å². The molecule has 0 unspecified atom stereocenters. The van der Waals surface area contributed by atoms with Gasteiger partial charge in [-0.25, -0.2) is 0 Å². The van der Waals surface area contributed by atoms with E-state index in [0.717, 1.165) is 6.07 Å². The molecule has 0 aromatic heterocycles. The van der Waals surface area contributed by atoms with Crippen molar-refractivity contribution in [3.63, 3.8) is 0 Å². The van der Waals surface area contributed by atoms with Crippen molar-refractivity contribution in [2.45, 2.75) is 70.0 Å². The van der Waals surface area contributed by atoms with E-state index >= 15 is 0 Å². The lowest BCUT2D eigenvalue weighted by atomic mass is 10.0. The van der Waals surface area contributed by atoms with E-state index in [9.17, 15) is 9.90 Å². The number of ether oxygens (including phenoxy) is 2. The Labute approximate surface area is 206 Å². The Bertz CT molecular complexity index is 1500. The molecular weight excluding hydrogens is 368 g/mol. The second-order valence-corrected chi connectivity index (χ2v) is 5.76. The Balaban J connectivity index is 2.14. The molecule has 1 aromatic carbocycles. The smallest absolute Gasteiger partial charge is 0.220 e. The van der Waals surface area contributed by atoms with Crippen molar-refractivity contribution in [3.8, 4) is 11.5 Å². The van der Waals surface area contributed by atoms with Gasteiger partial charge >= 0.3 is 0 Å². The lowest BCUT2D eigenvalue weighted by Crippen LogP contribution is -2.46. The zero-order valence-corrected chi connectivity index (χ0v) is 15.1.